The van der Waals surface area contributed by atoms with E-state index in [4.69, 9.17) is 5.26 Å². The number of aromatic nitrogens is 1. The molecule has 3 aromatic rings. The minimum absolute atomic E-state index is 0.0718. The summed E-state index contributed by atoms with van der Waals surface area (Å²) in [5, 5.41) is 11.1. The van der Waals surface area contributed by atoms with Gasteiger partial charge in [0.25, 0.3) is 5.91 Å². The average molecular weight is 347 g/mol. The number of amides is 1. The first-order chi connectivity index (χ1) is 12.3. The van der Waals surface area contributed by atoms with E-state index in [1.165, 1.54) is 4.88 Å². The fourth-order valence-electron chi connectivity index (χ4n) is 2.57. The monoisotopic (exact) mass is 347 g/mol. The lowest BCUT2D eigenvalue weighted by atomic mass is 10.1. The third-order valence-corrected chi connectivity index (χ3v) is 4.77. The van der Waals surface area contributed by atoms with E-state index in [0.29, 0.717) is 24.2 Å². The third-order valence-electron chi connectivity index (χ3n) is 3.83. The molecule has 0 radical (unpaired) electrons. The van der Waals surface area contributed by atoms with Crippen LogP contribution in [0.4, 0.5) is 0 Å². The zero-order chi connectivity index (χ0) is 17.5. The Labute approximate surface area is 151 Å². The lowest BCUT2D eigenvalue weighted by Crippen LogP contribution is -2.32. The molecule has 0 spiro atoms. The van der Waals surface area contributed by atoms with Gasteiger partial charge in [-0.15, -0.1) is 11.3 Å². The number of hydrogen-bond acceptors (Lipinski definition) is 4. The van der Waals surface area contributed by atoms with Crippen molar-refractivity contribution < 1.29 is 4.79 Å². The van der Waals surface area contributed by atoms with Gasteiger partial charge in [-0.1, -0.05) is 18.2 Å². The maximum Gasteiger partial charge on any atom is 0.254 e. The molecule has 3 rings (SSSR count). The molecule has 2 aromatic heterocycles. The van der Waals surface area contributed by atoms with Crippen molar-refractivity contribution in [2.24, 2.45) is 0 Å². The van der Waals surface area contributed by atoms with Crippen LogP contribution in [0.5, 0.6) is 0 Å². The van der Waals surface area contributed by atoms with E-state index in [0.717, 1.165) is 12.0 Å². The van der Waals surface area contributed by atoms with Crippen molar-refractivity contribution in [3.63, 3.8) is 0 Å². The molecular weight excluding hydrogens is 330 g/mol. The largest absolute Gasteiger partial charge is 0.334 e. The molecule has 0 aliphatic rings. The van der Waals surface area contributed by atoms with Crippen LogP contribution in [0.25, 0.3) is 0 Å². The Bertz CT molecular complexity index is 869. The maximum absolute atomic E-state index is 13.0. The molecule has 0 saturated carbocycles. The lowest BCUT2D eigenvalue weighted by molar-refractivity contribution is 0.0745. The highest BCUT2D eigenvalue weighted by atomic mass is 32.1. The van der Waals surface area contributed by atoms with Crippen LogP contribution in [-0.2, 0) is 13.0 Å². The minimum Gasteiger partial charge on any atom is -0.334 e. The van der Waals surface area contributed by atoms with E-state index >= 15 is 0 Å². The summed E-state index contributed by atoms with van der Waals surface area (Å²) in [5.74, 6) is -0.0718. The van der Waals surface area contributed by atoms with Gasteiger partial charge in [-0.2, -0.15) is 5.26 Å². The average Bonchev–Trinajstić information content (AvgIpc) is 3.19. The van der Waals surface area contributed by atoms with E-state index in [9.17, 15) is 4.79 Å². The molecule has 0 aliphatic heterocycles. The van der Waals surface area contributed by atoms with Crippen molar-refractivity contribution in [2.75, 3.05) is 6.54 Å². The molecule has 2 heterocycles. The van der Waals surface area contributed by atoms with E-state index in [2.05, 4.69) is 17.1 Å². The minimum atomic E-state index is -0.0718. The van der Waals surface area contributed by atoms with Gasteiger partial charge in [0.05, 0.1) is 11.6 Å². The number of nitriles is 1. The molecule has 25 heavy (non-hydrogen) atoms. The Morgan fingerprint density at radius 3 is 2.84 bits per heavy atom. The smallest absolute Gasteiger partial charge is 0.254 e. The normalized spacial score (nSPS) is 10.2. The van der Waals surface area contributed by atoms with Gasteiger partial charge in [0.2, 0.25) is 0 Å². The highest BCUT2D eigenvalue weighted by Crippen LogP contribution is 2.15. The Hall–Kier alpha value is -2.97. The van der Waals surface area contributed by atoms with Gasteiger partial charge in [0, 0.05) is 35.9 Å². The summed E-state index contributed by atoms with van der Waals surface area (Å²) in [6, 6.07) is 16.9. The molecule has 0 aliphatic carbocycles. The molecule has 124 valence electrons. The second kappa shape index (κ2) is 8.22. The van der Waals surface area contributed by atoms with Crippen LogP contribution in [0.2, 0.25) is 0 Å². The van der Waals surface area contributed by atoms with Crippen LogP contribution in [0.1, 0.15) is 26.4 Å². The van der Waals surface area contributed by atoms with Crippen molar-refractivity contribution in [1.29, 1.82) is 5.26 Å². The van der Waals surface area contributed by atoms with E-state index in [1.54, 1.807) is 48.0 Å². The molecular formula is C20H17N3OS. The molecule has 1 amide bonds. The predicted octanol–water partition coefficient (Wildman–Crippen LogP) is 3.90. The molecule has 0 bridgehead atoms. The van der Waals surface area contributed by atoms with Crippen LogP contribution < -0.4 is 0 Å². The Morgan fingerprint density at radius 1 is 1.20 bits per heavy atom. The Kier molecular flexibility index (Phi) is 5.55. The van der Waals surface area contributed by atoms with Crippen molar-refractivity contribution in [2.45, 2.75) is 13.0 Å². The molecule has 0 unspecified atom stereocenters. The van der Waals surface area contributed by atoms with Gasteiger partial charge in [-0.3, -0.25) is 9.78 Å². The van der Waals surface area contributed by atoms with Crippen molar-refractivity contribution in [3.05, 3.63) is 87.9 Å². The van der Waals surface area contributed by atoms with E-state index in [1.807, 2.05) is 28.5 Å². The molecule has 1 aromatic carbocycles. The van der Waals surface area contributed by atoms with Gasteiger partial charge in [0.15, 0.2) is 0 Å². The number of rotatable bonds is 6. The summed E-state index contributed by atoms with van der Waals surface area (Å²) in [6.07, 6.45) is 4.30. The first-order valence-corrected chi connectivity index (χ1v) is 8.85. The highest BCUT2D eigenvalue weighted by Gasteiger charge is 2.17. The van der Waals surface area contributed by atoms with Crippen LogP contribution >= 0.6 is 11.3 Å². The van der Waals surface area contributed by atoms with Crippen molar-refractivity contribution in [1.82, 2.24) is 9.88 Å². The first kappa shape index (κ1) is 16.9. The number of hydrogen-bond donors (Lipinski definition) is 0. The number of pyridine rings is 1. The fourth-order valence-corrected chi connectivity index (χ4v) is 3.27. The molecule has 5 heteroatoms. The van der Waals surface area contributed by atoms with Gasteiger partial charge in [-0.25, -0.2) is 0 Å². The maximum atomic E-state index is 13.0. The van der Waals surface area contributed by atoms with Crippen LogP contribution in [0.3, 0.4) is 0 Å². The van der Waals surface area contributed by atoms with Crippen molar-refractivity contribution in [3.8, 4) is 6.07 Å². The SMILES string of the molecule is N#Cc1cccc(C(=O)N(CCc2cccs2)Cc2cccnc2)c1. The number of thiophene rings is 1. The molecule has 0 N–H and O–H groups in total. The molecule has 0 atom stereocenters. The third kappa shape index (κ3) is 4.52. The summed E-state index contributed by atoms with van der Waals surface area (Å²) in [7, 11) is 0. The highest BCUT2D eigenvalue weighted by molar-refractivity contribution is 7.09. The fraction of sp³-hybridized carbons (Fsp3) is 0.150. The van der Waals surface area contributed by atoms with E-state index in [-0.39, 0.29) is 5.91 Å². The van der Waals surface area contributed by atoms with Gasteiger partial charge in [-0.05, 0) is 47.7 Å². The Balaban J connectivity index is 1.81. The lowest BCUT2D eigenvalue weighted by Gasteiger charge is -2.23. The topological polar surface area (TPSA) is 57.0 Å². The zero-order valence-electron chi connectivity index (χ0n) is 13.6. The summed E-state index contributed by atoms with van der Waals surface area (Å²) >= 11 is 1.69. The second-order valence-corrected chi connectivity index (χ2v) is 6.64. The Morgan fingerprint density at radius 2 is 2.12 bits per heavy atom. The first-order valence-electron chi connectivity index (χ1n) is 7.97. The zero-order valence-corrected chi connectivity index (χ0v) is 14.4. The van der Waals surface area contributed by atoms with Gasteiger partial charge >= 0.3 is 0 Å². The molecule has 4 nitrogen and oxygen atoms in total. The number of benzene rings is 1. The second-order valence-electron chi connectivity index (χ2n) is 5.61. The standard InChI is InChI=1S/C20H17N3OS/c21-13-16-4-1-6-18(12-16)20(24)23(10-8-19-7-3-11-25-19)15-17-5-2-9-22-14-17/h1-7,9,11-12,14H,8,10,15H2. The predicted molar refractivity (Wildman–Crippen MR) is 98.2 cm³/mol. The van der Waals surface area contributed by atoms with Gasteiger partial charge < -0.3 is 4.90 Å². The summed E-state index contributed by atoms with van der Waals surface area (Å²) in [6.45, 7) is 1.11. The number of carbonyl (C=O) groups excluding carboxylic acids is 1. The number of nitrogens with zero attached hydrogens (tertiary/aromatic N) is 3. The summed E-state index contributed by atoms with van der Waals surface area (Å²) in [5.41, 5.74) is 2.01. The molecule has 0 fully saturated rings. The number of carbonyl (C=O) groups is 1. The van der Waals surface area contributed by atoms with Crippen molar-refractivity contribution >= 4 is 17.2 Å². The summed E-state index contributed by atoms with van der Waals surface area (Å²) in [4.78, 5) is 20.2. The molecule has 0 saturated heterocycles. The van der Waals surface area contributed by atoms with E-state index < -0.39 is 0 Å². The van der Waals surface area contributed by atoms with Crippen LogP contribution in [0, 0.1) is 11.3 Å². The summed E-state index contributed by atoms with van der Waals surface area (Å²) < 4.78 is 0. The van der Waals surface area contributed by atoms with Crippen LogP contribution in [-0.4, -0.2) is 22.3 Å². The van der Waals surface area contributed by atoms with Crippen LogP contribution in [0.15, 0.2) is 66.3 Å². The quantitative estimate of drug-likeness (QED) is 0.679. The van der Waals surface area contributed by atoms with Gasteiger partial charge in [0.1, 0.15) is 0 Å².